The van der Waals surface area contributed by atoms with E-state index < -0.39 is 11.9 Å². The maximum Gasteiger partial charge on any atom is 0.348 e. The molecular weight excluding hydrogens is 452 g/mol. The normalized spacial score (nSPS) is 16.6. The van der Waals surface area contributed by atoms with Gasteiger partial charge in [0, 0.05) is 36.8 Å². The van der Waals surface area contributed by atoms with Gasteiger partial charge in [0.05, 0.1) is 13.2 Å². The second kappa shape index (κ2) is 15.2. The first-order chi connectivity index (χ1) is 17.4. The fourth-order valence-corrected chi connectivity index (χ4v) is 3.90. The molecule has 0 fully saturated rings. The average Bonchev–Trinajstić information content (AvgIpc) is 2.89. The topological polar surface area (TPSA) is 79.6 Å². The summed E-state index contributed by atoms with van der Waals surface area (Å²) in [6.07, 6.45) is 14.3. The summed E-state index contributed by atoms with van der Waals surface area (Å²) in [6, 6.07) is 9.79. The molecule has 0 amide bonds. The molecule has 1 aromatic rings. The van der Waals surface area contributed by atoms with Gasteiger partial charge < -0.3 is 14.4 Å². The van der Waals surface area contributed by atoms with Crippen molar-refractivity contribution in [3.8, 4) is 6.07 Å². The van der Waals surface area contributed by atoms with Crippen molar-refractivity contribution >= 4 is 23.2 Å². The number of benzene rings is 1. The average molecular weight is 489 g/mol. The fourth-order valence-electron chi connectivity index (χ4n) is 3.90. The number of rotatable bonds is 14. The zero-order chi connectivity index (χ0) is 26.3. The van der Waals surface area contributed by atoms with E-state index in [1.165, 1.54) is 6.08 Å². The van der Waals surface area contributed by atoms with Crippen molar-refractivity contribution in [2.45, 2.75) is 32.6 Å². The summed E-state index contributed by atoms with van der Waals surface area (Å²) in [5.74, 6) is -0.243. The van der Waals surface area contributed by atoms with Gasteiger partial charge in [0.25, 0.3) is 0 Å². The number of nitriles is 1. The molecule has 0 spiro atoms. The Morgan fingerprint density at radius 3 is 2.42 bits per heavy atom. The quantitative estimate of drug-likeness (QED) is 0.108. The van der Waals surface area contributed by atoms with Gasteiger partial charge in [-0.1, -0.05) is 62.6 Å². The Labute approximate surface area is 214 Å². The third kappa shape index (κ3) is 9.07. The number of allylic oxidation sites excluding steroid dienone is 5. The lowest BCUT2D eigenvalue weighted by Gasteiger charge is -2.29. The summed E-state index contributed by atoms with van der Waals surface area (Å²) >= 11 is 0. The highest BCUT2D eigenvalue weighted by Gasteiger charge is 2.19. The van der Waals surface area contributed by atoms with E-state index >= 15 is 0 Å². The van der Waals surface area contributed by atoms with Crippen LogP contribution in [0.25, 0.3) is 5.57 Å². The minimum absolute atomic E-state index is 0.0808. The Kier molecular flexibility index (Phi) is 12.0. The molecule has 0 aliphatic heterocycles. The monoisotopic (exact) mass is 488 g/mol. The summed E-state index contributed by atoms with van der Waals surface area (Å²) in [5.41, 5.74) is 2.34. The molecule has 0 bridgehead atoms. The number of hydrogen-bond donors (Lipinski definition) is 0. The highest BCUT2D eigenvalue weighted by molar-refractivity contribution is 5.97. The van der Waals surface area contributed by atoms with E-state index in [1.54, 1.807) is 0 Å². The van der Waals surface area contributed by atoms with Crippen molar-refractivity contribution in [1.82, 2.24) is 0 Å². The maximum absolute atomic E-state index is 12.5. The van der Waals surface area contributed by atoms with Crippen LogP contribution in [-0.2, 0) is 19.1 Å². The van der Waals surface area contributed by atoms with Crippen LogP contribution in [0.1, 0.15) is 38.2 Å². The molecular formula is C30H36N2O4. The lowest BCUT2D eigenvalue weighted by Crippen LogP contribution is -2.28. The van der Waals surface area contributed by atoms with E-state index in [4.69, 9.17) is 9.47 Å². The number of carbonyl (C=O) groups excluding carboxylic acids is 2. The molecule has 0 aromatic heterocycles. The number of hydrogen-bond acceptors (Lipinski definition) is 6. The van der Waals surface area contributed by atoms with E-state index in [1.807, 2.05) is 37.4 Å². The van der Waals surface area contributed by atoms with Crippen molar-refractivity contribution in [2.24, 2.45) is 11.8 Å². The van der Waals surface area contributed by atoms with Crippen LogP contribution in [0.5, 0.6) is 0 Å². The molecule has 2 atom stereocenters. The third-order valence-corrected chi connectivity index (χ3v) is 6.05. The van der Waals surface area contributed by atoms with Gasteiger partial charge in [0.1, 0.15) is 11.6 Å². The summed E-state index contributed by atoms with van der Waals surface area (Å²) in [7, 11) is 2.04. The van der Waals surface area contributed by atoms with Crippen LogP contribution in [0.4, 0.5) is 5.69 Å². The van der Waals surface area contributed by atoms with Gasteiger partial charge in [-0.3, -0.25) is 0 Å². The molecule has 36 heavy (non-hydrogen) atoms. The zero-order valence-electron chi connectivity index (χ0n) is 21.3. The molecule has 190 valence electrons. The van der Waals surface area contributed by atoms with E-state index in [0.29, 0.717) is 30.4 Å². The molecule has 0 radical (unpaired) electrons. The highest BCUT2D eigenvalue weighted by Crippen LogP contribution is 2.29. The molecule has 0 saturated carbocycles. The van der Waals surface area contributed by atoms with Crippen LogP contribution in [0, 0.1) is 23.2 Å². The van der Waals surface area contributed by atoms with Crippen LogP contribution in [0.3, 0.4) is 0 Å². The molecule has 1 aliphatic carbocycles. The number of unbranched alkanes of at least 4 members (excludes halogenated alkanes) is 3. The Balaban J connectivity index is 1.90. The number of carbonyl (C=O) groups is 2. The number of nitrogens with zero attached hydrogens (tertiary/aromatic N) is 2. The van der Waals surface area contributed by atoms with Crippen LogP contribution in [-0.4, -0.2) is 38.7 Å². The Hall–Kier alpha value is -3.85. The highest BCUT2D eigenvalue weighted by atomic mass is 16.5. The summed E-state index contributed by atoms with van der Waals surface area (Å²) in [6.45, 7) is 11.1. The van der Waals surface area contributed by atoms with Crippen LogP contribution < -0.4 is 4.90 Å². The molecule has 0 N–H and O–H groups in total. The van der Waals surface area contributed by atoms with Crippen molar-refractivity contribution in [1.29, 1.82) is 5.26 Å². The van der Waals surface area contributed by atoms with Gasteiger partial charge in [-0.15, -0.1) is 0 Å². The molecule has 1 aromatic carbocycles. The number of anilines is 1. The number of esters is 2. The van der Waals surface area contributed by atoms with Gasteiger partial charge in [-0.2, -0.15) is 5.26 Å². The first-order valence-corrected chi connectivity index (χ1v) is 12.3. The second-order valence-electron chi connectivity index (χ2n) is 8.81. The summed E-state index contributed by atoms with van der Waals surface area (Å²) in [4.78, 5) is 25.6. The maximum atomic E-state index is 12.5. The second-order valence-corrected chi connectivity index (χ2v) is 8.81. The molecule has 6 nitrogen and oxygen atoms in total. The van der Waals surface area contributed by atoms with Gasteiger partial charge in [0.15, 0.2) is 0 Å². The predicted molar refractivity (Wildman–Crippen MR) is 144 cm³/mol. The minimum Gasteiger partial charge on any atom is -0.463 e. The fraction of sp³-hybridized carbons (Fsp3) is 0.367. The number of ether oxygens (including phenoxy) is 2. The van der Waals surface area contributed by atoms with Gasteiger partial charge in [-0.05, 0) is 49.3 Å². The van der Waals surface area contributed by atoms with Crippen LogP contribution in [0.2, 0.25) is 0 Å². The molecule has 6 heteroatoms. The van der Waals surface area contributed by atoms with Gasteiger partial charge >= 0.3 is 11.9 Å². The Morgan fingerprint density at radius 2 is 1.75 bits per heavy atom. The van der Waals surface area contributed by atoms with E-state index in [2.05, 4.69) is 49.3 Å². The molecule has 1 unspecified atom stereocenters. The first kappa shape index (κ1) is 28.4. The van der Waals surface area contributed by atoms with Crippen molar-refractivity contribution in [3.63, 3.8) is 0 Å². The standard InChI is InChI=1S/C30H36N2O4/c1-5-29(33)35-18-12-6-7-13-19-36-30(34)26(21-31)20-24(3)27-16-10-11-17-28(27)32(4)22-25-15-9-8-14-23(25)2/h5,8-11,14-17,20,23,25H,1,3,6-7,12-13,18-19,22H2,2,4H3/b26-20+/t23-,25?/m1/s1. The molecule has 0 saturated heterocycles. The smallest absolute Gasteiger partial charge is 0.348 e. The lowest BCUT2D eigenvalue weighted by molar-refractivity contribution is -0.139. The summed E-state index contributed by atoms with van der Waals surface area (Å²) < 4.78 is 10.2. The Bertz CT molecular complexity index is 1060. The van der Waals surface area contributed by atoms with E-state index in [-0.39, 0.29) is 12.2 Å². The predicted octanol–water partition coefficient (Wildman–Crippen LogP) is 5.80. The zero-order valence-corrected chi connectivity index (χ0v) is 21.3. The van der Waals surface area contributed by atoms with Crippen LogP contribution in [0.15, 0.2) is 79.5 Å². The van der Waals surface area contributed by atoms with Crippen molar-refractivity contribution in [2.75, 3.05) is 31.7 Å². The number of para-hydroxylation sites is 1. The SMILES string of the molecule is C=CC(=O)OCCCCCCOC(=O)/C(C#N)=C/C(=C)c1ccccc1N(C)CC1C=CC=C[C@H]1C. The largest absolute Gasteiger partial charge is 0.463 e. The van der Waals surface area contributed by atoms with Gasteiger partial charge in [0.2, 0.25) is 0 Å². The van der Waals surface area contributed by atoms with Crippen molar-refractivity contribution < 1.29 is 19.1 Å². The minimum atomic E-state index is -0.655. The lowest BCUT2D eigenvalue weighted by atomic mass is 9.89. The van der Waals surface area contributed by atoms with Gasteiger partial charge in [-0.25, -0.2) is 9.59 Å². The first-order valence-electron chi connectivity index (χ1n) is 12.3. The third-order valence-electron chi connectivity index (χ3n) is 6.05. The summed E-state index contributed by atoms with van der Waals surface area (Å²) in [5, 5.41) is 9.55. The molecule has 1 aliphatic rings. The molecule has 0 heterocycles. The van der Waals surface area contributed by atoms with Crippen LogP contribution >= 0.6 is 0 Å². The molecule has 2 rings (SSSR count). The van der Waals surface area contributed by atoms with E-state index in [0.717, 1.165) is 43.1 Å². The van der Waals surface area contributed by atoms with E-state index in [9.17, 15) is 14.9 Å². The van der Waals surface area contributed by atoms with Crippen molar-refractivity contribution in [3.05, 3.63) is 85.0 Å². The Morgan fingerprint density at radius 1 is 1.08 bits per heavy atom.